The third-order valence-corrected chi connectivity index (χ3v) is 2.59. The highest BCUT2D eigenvalue weighted by Gasteiger charge is 2.18. The van der Waals surface area contributed by atoms with Gasteiger partial charge in [0.1, 0.15) is 4.60 Å². The topological polar surface area (TPSA) is 42.0 Å². The number of nitrogens with zero attached hydrogens (tertiary/aromatic N) is 1. The smallest absolute Gasteiger partial charge is 0.251 e. The summed E-state index contributed by atoms with van der Waals surface area (Å²) in [5.74, 6) is -0.000602. The number of fused-ring (bicyclic) bond motifs is 1. The van der Waals surface area contributed by atoms with Gasteiger partial charge in [-0.25, -0.2) is 4.98 Å². The van der Waals surface area contributed by atoms with E-state index in [0.29, 0.717) is 6.54 Å². The van der Waals surface area contributed by atoms with Crippen molar-refractivity contribution in [3.8, 4) is 0 Å². The van der Waals surface area contributed by atoms with Crippen LogP contribution >= 0.6 is 15.9 Å². The second kappa shape index (κ2) is 2.86. The number of amides is 1. The minimum atomic E-state index is -0.000602. The summed E-state index contributed by atoms with van der Waals surface area (Å²) in [6.07, 6.45) is 2.49. The fourth-order valence-corrected chi connectivity index (χ4v) is 1.84. The summed E-state index contributed by atoms with van der Waals surface area (Å²) < 4.78 is 0.787. The summed E-state index contributed by atoms with van der Waals surface area (Å²) in [6, 6.07) is 1.74. The van der Waals surface area contributed by atoms with Crippen molar-refractivity contribution in [1.82, 2.24) is 10.3 Å². The van der Waals surface area contributed by atoms with E-state index in [1.54, 1.807) is 12.3 Å². The molecule has 1 aliphatic rings. The summed E-state index contributed by atoms with van der Waals surface area (Å²) in [6.45, 7) is 0.704. The lowest BCUT2D eigenvalue weighted by Crippen LogP contribution is -2.32. The first-order valence-electron chi connectivity index (χ1n) is 3.70. The number of pyridine rings is 1. The third-order valence-electron chi connectivity index (χ3n) is 1.91. The molecule has 0 unspecified atom stereocenters. The molecule has 1 aromatic heterocycles. The maximum atomic E-state index is 11.3. The summed E-state index contributed by atoms with van der Waals surface area (Å²) >= 11 is 3.32. The molecule has 3 nitrogen and oxygen atoms in total. The Morgan fingerprint density at radius 3 is 3.17 bits per heavy atom. The first-order valence-corrected chi connectivity index (χ1v) is 4.50. The Balaban J connectivity index is 2.59. The molecule has 1 N–H and O–H groups in total. The van der Waals surface area contributed by atoms with E-state index in [2.05, 4.69) is 26.2 Å². The summed E-state index contributed by atoms with van der Waals surface area (Å²) in [5.41, 5.74) is 1.75. The maximum absolute atomic E-state index is 11.3. The molecule has 2 heterocycles. The largest absolute Gasteiger partial charge is 0.352 e. The van der Waals surface area contributed by atoms with Gasteiger partial charge < -0.3 is 5.32 Å². The van der Waals surface area contributed by atoms with E-state index in [1.165, 1.54) is 0 Å². The lowest BCUT2D eigenvalue weighted by atomic mass is 10.0. The van der Waals surface area contributed by atoms with Crippen molar-refractivity contribution in [3.05, 3.63) is 28.0 Å². The molecule has 12 heavy (non-hydrogen) atoms. The minimum absolute atomic E-state index is 0.000602. The summed E-state index contributed by atoms with van der Waals surface area (Å²) in [5, 5.41) is 2.78. The van der Waals surface area contributed by atoms with E-state index in [9.17, 15) is 4.79 Å². The van der Waals surface area contributed by atoms with Crippen molar-refractivity contribution in [3.63, 3.8) is 0 Å². The highest BCUT2D eigenvalue weighted by Crippen LogP contribution is 2.20. The standard InChI is InChI=1S/C8H7BrN2O/c9-7-5-1-4-11-8(12)6(5)2-3-10-7/h2-3H,1,4H2,(H,11,12). The maximum Gasteiger partial charge on any atom is 0.251 e. The molecule has 0 aliphatic carbocycles. The van der Waals surface area contributed by atoms with E-state index in [1.807, 2.05) is 0 Å². The van der Waals surface area contributed by atoms with Crippen LogP contribution in [0.5, 0.6) is 0 Å². The number of carbonyl (C=O) groups excluding carboxylic acids is 1. The van der Waals surface area contributed by atoms with Crippen molar-refractivity contribution >= 4 is 21.8 Å². The molecule has 0 radical (unpaired) electrons. The van der Waals surface area contributed by atoms with Crippen molar-refractivity contribution in [1.29, 1.82) is 0 Å². The van der Waals surface area contributed by atoms with Gasteiger partial charge in [-0.2, -0.15) is 0 Å². The summed E-state index contributed by atoms with van der Waals surface area (Å²) in [7, 11) is 0. The zero-order chi connectivity index (χ0) is 8.55. The van der Waals surface area contributed by atoms with Crippen LogP contribution < -0.4 is 5.32 Å². The third kappa shape index (κ3) is 1.12. The van der Waals surface area contributed by atoms with Crippen molar-refractivity contribution < 1.29 is 4.79 Å². The van der Waals surface area contributed by atoms with E-state index >= 15 is 0 Å². The van der Waals surface area contributed by atoms with Gasteiger partial charge in [0.05, 0.1) is 0 Å². The number of carbonyl (C=O) groups is 1. The Kier molecular flexibility index (Phi) is 1.84. The molecular formula is C8H7BrN2O. The van der Waals surface area contributed by atoms with Crippen LogP contribution in [0.25, 0.3) is 0 Å². The Morgan fingerprint density at radius 1 is 1.58 bits per heavy atom. The Bertz CT molecular complexity index is 338. The lowest BCUT2D eigenvalue weighted by Gasteiger charge is -2.16. The normalized spacial score (nSPS) is 15.2. The molecule has 0 bridgehead atoms. The molecule has 0 atom stereocenters. The average molecular weight is 227 g/mol. The molecule has 0 aromatic carbocycles. The molecular weight excluding hydrogens is 220 g/mol. The molecule has 4 heteroatoms. The van der Waals surface area contributed by atoms with Crippen LogP contribution in [0.15, 0.2) is 16.9 Å². The van der Waals surface area contributed by atoms with E-state index < -0.39 is 0 Å². The lowest BCUT2D eigenvalue weighted by molar-refractivity contribution is 0.0945. The molecule has 0 saturated heterocycles. The van der Waals surface area contributed by atoms with Gasteiger partial charge in [0, 0.05) is 18.3 Å². The van der Waals surface area contributed by atoms with Gasteiger partial charge in [0.15, 0.2) is 0 Å². The van der Waals surface area contributed by atoms with Gasteiger partial charge in [0.25, 0.3) is 5.91 Å². The first-order chi connectivity index (χ1) is 5.79. The molecule has 0 saturated carbocycles. The molecule has 1 aromatic rings. The second-order valence-corrected chi connectivity index (χ2v) is 3.38. The number of rotatable bonds is 0. The van der Waals surface area contributed by atoms with Gasteiger partial charge in [0.2, 0.25) is 0 Å². The highest BCUT2D eigenvalue weighted by molar-refractivity contribution is 9.10. The van der Waals surface area contributed by atoms with Gasteiger partial charge in [-0.05, 0) is 34.0 Å². The van der Waals surface area contributed by atoms with Gasteiger partial charge in [-0.3, -0.25) is 4.79 Å². The monoisotopic (exact) mass is 226 g/mol. The van der Waals surface area contributed by atoms with E-state index in [-0.39, 0.29) is 5.91 Å². The van der Waals surface area contributed by atoms with Crippen molar-refractivity contribution in [2.24, 2.45) is 0 Å². The van der Waals surface area contributed by atoms with Crippen LogP contribution in [0.3, 0.4) is 0 Å². The predicted molar refractivity (Wildman–Crippen MR) is 48.0 cm³/mol. The Morgan fingerprint density at radius 2 is 2.42 bits per heavy atom. The van der Waals surface area contributed by atoms with E-state index in [4.69, 9.17) is 0 Å². The molecule has 2 rings (SSSR count). The van der Waals surface area contributed by atoms with E-state index in [0.717, 1.165) is 22.2 Å². The van der Waals surface area contributed by atoms with Gasteiger partial charge in [-0.15, -0.1) is 0 Å². The van der Waals surface area contributed by atoms with Gasteiger partial charge in [-0.1, -0.05) is 0 Å². The fourth-order valence-electron chi connectivity index (χ4n) is 1.31. The molecule has 0 fully saturated rings. The van der Waals surface area contributed by atoms with Crippen LogP contribution in [-0.4, -0.2) is 17.4 Å². The number of nitrogens with one attached hydrogen (secondary N) is 1. The number of hydrogen-bond donors (Lipinski definition) is 1. The van der Waals surface area contributed by atoms with Crippen molar-refractivity contribution in [2.45, 2.75) is 6.42 Å². The SMILES string of the molecule is O=C1NCCc2c1ccnc2Br. The quantitative estimate of drug-likeness (QED) is 0.675. The molecule has 0 spiro atoms. The predicted octanol–water partition coefficient (Wildman–Crippen LogP) is 1.13. The zero-order valence-electron chi connectivity index (χ0n) is 6.30. The fraction of sp³-hybridized carbons (Fsp3) is 0.250. The first kappa shape index (κ1) is 7.73. The van der Waals surface area contributed by atoms with Crippen LogP contribution in [0.2, 0.25) is 0 Å². The zero-order valence-corrected chi connectivity index (χ0v) is 7.89. The molecule has 62 valence electrons. The molecule has 1 amide bonds. The Labute approximate surface area is 78.3 Å². The van der Waals surface area contributed by atoms with Crippen LogP contribution in [-0.2, 0) is 6.42 Å². The number of halogens is 1. The summed E-state index contributed by atoms with van der Waals surface area (Å²) in [4.78, 5) is 15.3. The van der Waals surface area contributed by atoms with Gasteiger partial charge >= 0.3 is 0 Å². The highest BCUT2D eigenvalue weighted by atomic mass is 79.9. The van der Waals surface area contributed by atoms with Crippen LogP contribution in [0.4, 0.5) is 0 Å². The van der Waals surface area contributed by atoms with Crippen LogP contribution in [0, 0.1) is 0 Å². The minimum Gasteiger partial charge on any atom is -0.352 e. The Hall–Kier alpha value is -0.900. The van der Waals surface area contributed by atoms with Crippen molar-refractivity contribution in [2.75, 3.05) is 6.54 Å². The average Bonchev–Trinajstić information content (AvgIpc) is 2.07. The van der Waals surface area contributed by atoms with Crippen LogP contribution in [0.1, 0.15) is 15.9 Å². The molecule has 1 aliphatic heterocycles. The second-order valence-electron chi connectivity index (χ2n) is 2.63. The number of aromatic nitrogens is 1. The number of hydrogen-bond acceptors (Lipinski definition) is 2.